The highest BCUT2D eigenvalue weighted by Crippen LogP contribution is 2.22. The summed E-state index contributed by atoms with van der Waals surface area (Å²) in [5.74, 6) is -0.373. The molecule has 8 heteroatoms. The van der Waals surface area contributed by atoms with Crippen molar-refractivity contribution in [3.05, 3.63) is 24.3 Å². The third kappa shape index (κ3) is 4.99. The van der Waals surface area contributed by atoms with Crippen LogP contribution in [0.25, 0.3) is 0 Å². The smallest absolute Gasteiger partial charge is 0.311 e. The van der Waals surface area contributed by atoms with E-state index in [1.807, 2.05) is 38.1 Å². The molecule has 1 atom stereocenters. The molecule has 2 heterocycles. The van der Waals surface area contributed by atoms with E-state index >= 15 is 0 Å². The van der Waals surface area contributed by atoms with Gasteiger partial charge in [-0.3, -0.25) is 14.4 Å². The quantitative estimate of drug-likeness (QED) is 0.663. The number of anilines is 1. The summed E-state index contributed by atoms with van der Waals surface area (Å²) in [6, 6.07) is 7.90. The summed E-state index contributed by atoms with van der Waals surface area (Å²) in [4.78, 5) is 42.2. The van der Waals surface area contributed by atoms with Crippen LogP contribution in [0.3, 0.4) is 0 Å². The zero-order valence-corrected chi connectivity index (χ0v) is 17.3. The molecule has 2 aliphatic rings. The summed E-state index contributed by atoms with van der Waals surface area (Å²) in [5.41, 5.74) is 1.09. The van der Waals surface area contributed by atoms with Crippen molar-refractivity contribution < 1.29 is 23.9 Å². The van der Waals surface area contributed by atoms with Crippen LogP contribution in [0.4, 0.5) is 5.69 Å². The average molecular weight is 403 g/mol. The zero-order chi connectivity index (χ0) is 21.0. The lowest BCUT2D eigenvalue weighted by Crippen LogP contribution is -2.50. The Kier molecular flexibility index (Phi) is 6.61. The average Bonchev–Trinajstić information content (AvgIpc) is 3.14. The van der Waals surface area contributed by atoms with Gasteiger partial charge in [-0.15, -0.1) is 0 Å². The van der Waals surface area contributed by atoms with Crippen molar-refractivity contribution in [1.82, 2.24) is 9.80 Å². The zero-order valence-electron chi connectivity index (χ0n) is 17.3. The molecule has 2 aliphatic heterocycles. The molecule has 1 unspecified atom stereocenters. The van der Waals surface area contributed by atoms with E-state index in [2.05, 4.69) is 4.90 Å². The van der Waals surface area contributed by atoms with Gasteiger partial charge in [0.1, 0.15) is 5.75 Å². The van der Waals surface area contributed by atoms with Crippen LogP contribution in [-0.2, 0) is 19.1 Å². The maximum absolute atomic E-state index is 12.4. The van der Waals surface area contributed by atoms with Crippen LogP contribution in [0.2, 0.25) is 0 Å². The fraction of sp³-hybridized carbons (Fsp3) is 0.571. The number of nitrogens with zero attached hydrogens (tertiary/aromatic N) is 3. The Hall–Kier alpha value is -2.77. The van der Waals surface area contributed by atoms with Crippen LogP contribution < -0.4 is 9.64 Å². The molecule has 0 radical (unpaired) electrons. The van der Waals surface area contributed by atoms with Gasteiger partial charge in [0.05, 0.1) is 13.0 Å². The normalized spacial score (nSPS) is 19.7. The summed E-state index contributed by atoms with van der Waals surface area (Å²) in [6.07, 6.45) is 0.158. The van der Waals surface area contributed by atoms with E-state index in [9.17, 15) is 14.4 Å². The van der Waals surface area contributed by atoms with Gasteiger partial charge < -0.3 is 24.2 Å². The van der Waals surface area contributed by atoms with Crippen molar-refractivity contribution in [3.63, 3.8) is 0 Å². The van der Waals surface area contributed by atoms with Gasteiger partial charge in [0.15, 0.2) is 6.61 Å². The van der Waals surface area contributed by atoms with Crippen molar-refractivity contribution in [3.8, 4) is 5.75 Å². The van der Waals surface area contributed by atoms with E-state index < -0.39 is 11.9 Å². The second-order valence-corrected chi connectivity index (χ2v) is 7.71. The van der Waals surface area contributed by atoms with Gasteiger partial charge in [0.2, 0.25) is 5.91 Å². The van der Waals surface area contributed by atoms with Crippen molar-refractivity contribution >= 4 is 23.5 Å². The van der Waals surface area contributed by atoms with Gasteiger partial charge in [-0.1, -0.05) is 0 Å². The second-order valence-electron chi connectivity index (χ2n) is 7.71. The van der Waals surface area contributed by atoms with Crippen molar-refractivity contribution in [1.29, 1.82) is 0 Å². The summed E-state index contributed by atoms with van der Waals surface area (Å²) >= 11 is 0. The number of carbonyl (C=O) groups excluding carboxylic acids is 3. The topological polar surface area (TPSA) is 79.4 Å². The fourth-order valence-corrected chi connectivity index (χ4v) is 3.74. The van der Waals surface area contributed by atoms with Gasteiger partial charge in [-0.25, -0.2) is 0 Å². The first kappa shape index (κ1) is 21.0. The summed E-state index contributed by atoms with van der Waals surface area (Å²) in [6.45, 7) is 6.51. The van der Waals surface area contributed by atoms with E-state index in [0.717, 1.165) is 11.4 Å². The van der Waals surface area contributed by atoms with Crippen LogP contribution in [0.1, 0.15) is 20.3 Å². The minimum atomic E-state index is -0.482. The monoisotopic (exact) mass is 403 g/mol. The molecule has 0 aliphatic carbocycles. The number of benzene rings is 1. The Morgan fingerprint density at radius 3 is 2.31 bits per heavy atom. The predicted molar refractivity (Wildman–Crippen MR) is 108 cm³/mol. The molecule has 0 spiro atoms. The maximum atomic E-state index is 12.4. The second kappa shape index (κ2) is 9.15. The largest absolute Gasteiger partial charge is 0.497 e. The highest BCUT2D eigenvalue weighted by Gasteiger charge is 2.36. The van der Waals surface area contributed by atoms with Crippen LogP contribution in [0.15, 0.2) is 24.3 Å². The molecule has 0 saturated carbocycles. The molecule has 8 nitrogen and oxygen atoms in total. The van der Waals surface area contributed by atoms with Crippen molar-refractivity contribution in [2.24, 2.45) is 5.92 Å². The molecule has 2 amide bonds. The third-order valence-electron chi connectivity index (χ3n) is 5.52. The molecule has 1 aromatic carbocycles. The summed E-state index contributed by atoms with van der Waals surface area (Å²) < 4.78 is 10.4. The standard InChI is InChI=1S/C21H29N3O5/c1-15(2)24-13-16(12-19(24)25)21(27)29-14-20(26)23-10-8-22(9-11-23)17-4-6-18(28-3)7-5-17/h4-7,15-16H,8-14H2,1-3H3. The van der Waals surface area contributed by atoms with E-state index in [-0.39, 0.29) is 30.9 Å². The minimum Gasteiger partial charge on any atom is -0.497 e. The van der Waals surface area contributed by atoms with E-state index in [4.69, 9.17) is 9.47 Å². The van der Waals surface area contributed by atoms with Crippen LogP contribution in [0.5, 0.6) is 5.75 Å². The molecule has 0 N–H and O–H groups in total. The van der Waals surface area contributed by atoms with Gasteiger partial charge in [0.25, 0.3) is 5.91 Å². The number of rotatable bonds is 6. The Morgan fingerprint density at radius 1 is 1.10 bits per heavy atom. The molecular weight excluding hydrogens is 374 g/mol. The van der Waals surface area contributed by atoms with Crippen LogP contribution in [-0.4, -0.2) is 80.1 Å². The first-order chi connectivity index (χ1) is 13.9. The number of methoxy groups -OCH3 is 1. The Balaban J connectivity index is 1.43. The number of esters is 1. The van der Waals surface area contributed by atoms with Gasteiger partial charge in [0, 0.05) is 50.9 Å². The number of hydrogen-bond donors (Lipinski definition) is 0. The van der Waals surface area contributed by atoms with Crippen LogP contribution >= 0.6 is 0 Å². The number of ether oxygens (including phenoxy) is 2. The van der Waals surface area contributed by atoms with E-state index in [1.165, 1.54) is 0 Å². The Labute approximate surface area is 171 Å². The van der Waals surface area contributed by atoms with Gasteiger partial charge in [-0.2, -0.15) is 0 Å². The molecule has 1 aromatic rings. The van der Waals surface area contributed by atoms with Crippen molar-refractivity contribution in [2.45, 2.75) is 26.3 Å². The highest BCUT2D eigenvalue weighted by molar-refractivity contribution is 5.88. The Bertz CT molecular complexity index is 741. The molecule has 2 saturated heterocycles. The Morgan fingerprint density at radius 2 is 1.76 bits per heavy atom. The van der Waals surface area contributed by atoms with Crippen LogP contribution in [0, 0.1) is 5.92 Å². The number of piperazine rings is 1. The molecule has 0 bridgehead atoms. The number of likely N-dealkylation sites (tertiary alicyclic amines) is 1. The lowest BCUT2D eigenvalue weighted by Gasteiger charge is -2.36. The highest BCUT2D eigenvalue weighted by atomic mass is 16.5. The first-order valence-electron chi connectivity index (χ1n) is 10.0. The van der Waals surface area contributed by atoms with E-state index in [0.29, 0.717) is 32.7 Å². The van der Waals surface area contributed by atoms with Gasteiger partial charge in [-0.05, 0) is 38.1 Å². The molecule has 0 aromatic heterocycles. The van der Waals surface area contributed by atoms with E-state index in [1.54, 1.807) is 16.9 Å². The molecular formula is C21H29N3O5. The lowest BCUT2D eigenvalue weighted by atomic mass is 10.1. The maximum Gasteiger partial charge on any atom is 0.311 e. The predicted octanol–water partition coefficient (Wildman–Crippen LogP) is 1.14. The number of hydrogen-bond acceptors (Lipinski definition) is 6. The molecule has 2 fully saturated rings. The minimum absolute atomic E-state index is 0.0390. The molecule has 3 rings (SSSR count). The fourth-order valence-electron chi connectivity index (χ4n) is 3.74. The molecule has 158 valence electrons. The molecule has 29 heavy (non-hydrogen) atoms. The summed E-state index contributed by atoms with van der Waals surface area (Å²) in [7, 11) is 1.64. The lowest BCUT2D eigenvalue weighted by molar-refractivity contribution is -0.155. The number of carbonyl (C=O) groups is 3. The summed E-state index contributed by atoms with van der Waals surface area (Å²) in [5, 5.41) is 0. The first-order valence-corrected chi connectivity index (χ1v) is 10.0. The third-order valence-corrected chi connectivity index (χ3v) is 5.52. The van der Waals surface area contributed by atoms with Crippen molar-refractivity contribution in [2.75, 3.05) is 51.3 Å². The SMILES string of the molecule is COc1ccc(N2CCN(C(=O)COC(=O)C3CC(=O)N(C(C)C)C3)CC2)cc1. The van der Waals surface area contributed by atoms with Gasteiger partial charge >= 0.3 is 5.97 Å². The number of amides is 2.